The zero-order valence-electron chi connectivity index (χ0n) is 13.5. The summed E-state index contributed by atoms with van der Waals surface area (Å²) in [6, 6.07) is 0.144. The smallest absolute Gasteiger partial charge is 0.320 e. The van der Waals surface area contributed by atoms with Crippen molar-refractivity contribution < 1.29 is 9.90 Å². The summed E-state index contributed by atoms with van der Waals surface area (Å²) in [5, 5.41) is 9.69. The van der Waals surface area contributed by atoms with Crippen LogP contribution in [0.15, 0.2) is 0 Å². The zero-order chi connectivity index (χ0) is 15.1. The van der Waals surface area contributed by atoms with Gasteiger partial charge in [0.15, 0.2) is 0 Å². The topological polar surface area (TPSA) is 47.0 Å². The van der Waals surface area contributed by atoms with E-state index in [2.05, 4.69) is 39.5 Å². The Bertz CT molecular complexity index is 376. The van der Waals surface area contributed by atoms with Gasteiger partial charge in [0.05, 0.1) is 6.10 Å². The first-order valence-electron chi connectivity index (χ1n) is 7.61. The average molecular weight is 283 g/mol. The van der Waals surface area contributed by atoms with Crippen molar-refractivity contribution in [1.29, 1.82) is 0 Å². The second-order valence-corrected chi connectivity index (χ2v) is 7.73. The Labute approximate surface area is 122 Å². The minimum absolute atomic E-state index is 0.0823. The van der Waals surface area contributed by atoms with E-state index in [0.29, 0.717) is 0 Å². The summed E-state index contributed by atoms with van der Waals surface area (Å²) in [6.07, 6.45) is 0.625. The van der Waals surface area contributed by atoms with Gasteiger partial charge >= 0.3 is 6.03 Å². The molecule has 0 bridgehead atoms. The third kappa shape index (κ3) is 3.09. The summed E-state index contributed by atoms with van der Waals surface area (Å²) in [5.74, 6) is 0. The number of aliphatic hydroxyl groups is 1. The highest BCUT2D eigenvalue weighted by atomic mass is 16.3. The van der Waals surface area contributed by atoms with Crippen LogP contribution in [0.2, 0.25) is 0 Å². The molecule has 2 rings (SSSR count). The van der Waals surface area contributed by atoms with Crippen molar-refractivity contribution in [3.63, 3.8) is 0 Å². The van der Waals surface area contributed by atoms with Crippen LogP contribution < -0.4 is 0 Å². The van der Waals surface area contributed by atoms with Crippen molar-refractivity contribution in [1.82, 2.24) is 14.7 Å². The Morgan fingerprint density at radius 1 is 1.15 bits per heavy atom. The number of carbonyl (C=O) groups excluding carboxylic acids is 1. The first-order valence-corrected chi connectivity index (χ1v) is 7.61. The standard InChI is InChI=1S/C15H29N3O2/c1-14(2,3)18-9-8-16(13(18)20)11-15(4,5)17-7-6-12(19)10-17/h12,19H,6-11H2,1-5H3/t12-/m0/s1. The molecule has 0 aromatic carbocycles. The number of rotatable bonds is 3. The maximum absolute atomic E-state index is 12.5. The number of hydrogen-bond acceptors (Lipinski definition) is 3. The lowest BCUT2D eigenvalue weighted by Crippen LogP contribution is -2.52. The molecule has 20 heavy (non-hydrogen) atoms. The Morgan fingerprint density at radius 3 is 2.25 bits per heavy atom. The summed E-state index contributed by atoms with van der Waals surface area (Å²) >= 11 is 0. The van der Waals surface area contributed by atoms with Gasteiger partial charge in [0.2, 0.25) is 0 Å². The molecule has 2 fully saturated rings. The Morgan fingerprint density at radius 2 is 1.80 bits per heavy atom. The summed E-state index contributed by atoms with van der Waals surface area (Å²) < 4.78 is 0. The van der Waals surface area contributed by atoms with E-state index in [0.717, 1.165) is 39.1 Å². The van der Waals surface area contributed by atoms with Crippen molar-refractivity contribution in [3.05, 3.63) is 0 Å². The maximum Gasteiger partial charge on any atom is 0.320 e. The van der Waals surface area contributed by atoms with Crippen LogP contribution in [0.25, 0.3) is 0 Å². The molecule has 5 heteroatoms. The predicted octanol–water partition coefficient (Wildman–Crippen LogP) is 1.37. The number of hydrogen-bond donors (Lipinski definition) is 1. The molecule has 0 unspecified atom stereocenters. The van der Waals surface area contributed by atoms with Crippen molar-refractivity contribution in [2.45, 2.75) is 58.2 Å². The summed E-state index contributed by atoms with van der Waals surface area (Å²) in [6.45, 7) is 14.5. The van der Waals surface area contributed by atoms with Crippen LogP contribution in [0.5, 0.6) is 0 Å². The van der Waals surface area contributed by atoms with Crippen LogP contribution in [-0.4, -0.2) is 75.7 Å². The van der Waals surface area contributed by atoms with Crippen LogP contribution >= 0.6 is 0 Å². The summed E-state index contributed by atoms with van der Waals surface area (Å²) in [5.41, 5.74) is -0.194. The Kier molecular flexibility index (Phi) is 4.04. The van der Waals surface area contributed by atoms with Gasteiger partial charge in [-0.1, -0.05) is 0 Å². The predicted molar refractivity (Wildman–Crippen MR) is 79.7 cm³/mol. The van der Waals surface area contributed by atoms with E-state index >= 15 is 0 Å². The second kappa shape index (κ2) is 5.19. The van der Waals surface area contributed by atoms with E-state index in [1.165, 1.54) is 0 Å². The van der Waals surface area contributed by atoms with Crippen LogP contribution in [0.3, 0.4) is 0 Å². The Hall–Kier alpha value is -0.810. The highest BCUT2D eigenvalue weighted by Crippen LogP contribution is 2.26. The highest BCUT2D eigenvalue weighted by Gasteiger charge is 2.40. The van der Waals surface area contributed by atoms with E-state index in [1.54, 1.807) is 0 Å². The first-order chi connectivity index (χ1) is 9.11. The van der Waals surface area contributed by atoms with Crippen LogP contribution in [0, 0.1) is 0 Å². The lowest BCUT2D eigenvalue weighted by atomic mass is 10.0. The largest absolute Gasteiger partial charge is 0.392 e. The lowest BCUT2D eigenvalue weighted by molar-refractivity contribution is 0.0899. The van der Waals surface area contributed by atoms with Gasteiger partial charge in [-0.15, -0.1) is 0 Å². The van der Waals surface area contributed by atoms with Gasteiger partial charge in [-0.05, 0) is 41.0 Å². The molecule has 1 atom stereocenters. The lowest BCUT2D eigenvalue weighted by Gasteiger charge is -2.39. The third-order valence-electron chi connectivity index (χ3n) is 4.50. The summed E-state index contributed by atoms with van der Waals surface area (Å²) in [4.78, 5) is 18.7. The van der Waals surface area contributed by atoms with Gasteiger partial charge in [-0.2, -0.15) is 0 Å². The van der Waals surface area contributed by atoms with E-state index in [4.69, 9.17) is 0 Å². The molecular weight excluding hydrogens is 254 g/mol. The molecule has 0 saturated carbocycles. The van der Waals surface area contributed by atoms with Gasteiger partial charge in [0.1, 0.15) is 0 Å². The fourth-order valence-corrected chi connectivity index (χ4v) is 3.21. The zero-order valence-corrected chi connectivity index (χ0v) is 13.5. The monoisotopic (exact) mass is 283 g/mol. The molecular formula is C15H29N3O2. The molecule has 2 aliphatic heterocycles. The highest BCUT2D eigenvalue weighted by molar-refractivity contribution is 5.77. The van der Waals surface area contributed by atoms with Crippen LogP contribution in [0.1, 0.15) is 41.0 Å². The van der Waals surface area contributed by atoms with Gasteiger partial charge in [0.25, 0.3) is 0 Å². The maximum atomic E-state index is 12.5. The van der Waals surface area contributed by atoms with Gasteiger partial charge < -0.3 is 14.9 Å². The molecule has 1 N–H and O–H groups in total. The van der Waals surface area contributed by atoms with E-state index in [1.807, 2.05) is 9.80 Å². The van der Waals surface area contributed by atoms with Crippen LogP contribution in [0.4, 0.5) is 4.79 Å². The molecule has 2 amide bonds. The van der Waals surface area contributed by atoms with Crippen molar-refractivity contribution >= 4 is 6.03 Å². The normalized spacial score (nSPS) is 25.9. The van der Waals surface area contributed by atoms with Crippen molar-refractivity contribution in [2.75, 3.05) is 32.7 Å². The van der Waals surface area contributed by atoms with E-state index < -0.39 is 0 Å². The molecule has 5 nitrogen and oxygen atoms in total. The fourth-order valence-electron chi connectivity index (χ4n) is 3.21. The van der Waals surface area contributed by atoms with Crippen LogP contribution in [-0.2, 0) is 0 Å². The minimum atomic E-state index is -0.213. The quantitative estimate of drug-likeness (QED) is 0.851. The second-order valence-electron chi connectivity index (χ2n) is 7.73. The SMILES string of the molecule is CC(C)(C)N1CCN(CC(C)(C)N2CC[C@H](O)C2)C1=O. The number of urea groups is 1. The van der Waals surface area contributed by atoms with Gasteiger partial charge in [0, 0.05) is 43.8 Å². The fraction of sp³-hybridized carbons (Fsp3) is 0.933. The number of likely N-dealkylation sites (tertiary alicyclic amines) is 1. The van der Waals surface area contributed by atoms with Crippen molar-refractivity contribution in [3.8, 4) is 0 Å². The number of carbonyl (C=O) groups is 1. The molecule has 116 valence electrons. The average Bonchev–Trinajstić information content (AvgIpc) is 2.86. The first kappa shape index (κ1) is 15.6. The molecule has 2 saturated heterocycles. The molecule has 2 heterocycles. The van der Waals surface area contributed by atoms with E-state index in [9.17, 15) is 9.90 Å². The molecule has 0 aromatic heterocycles. The molecule has 0 aliphatic carbocycles. The number of β-amino-alcohol motifs (C(OH)–C–C–N with tert-alkyl or cyclic N) is 1. The summed E-state index contributed by atoms with van der Waals surface area (Å²) in [7, 11) is 0. The number of amides is 2. The van der Waals surface area contributed by atoms with Gasteiger partial charge in [-0.25, -0.2) is 4.79 Å². The molecule has 0 spiro atoms. The Balaban J connectivity index is 1.98. The minimum Gasteiger partial charge on any atom is -0.392 e. The van der Waals surface area contributed by atoms with Gasteiger partial charge in [-0.3, -0.25) is 4.90 Å². The number of aliphatic hydroxyl groups excluding tert-OH is 1. The third-order valence-corrected chi connectivity index (χ3v) is 4.50. The van der Waals surface area contributed by atoms with E-state index in [-0.39, 0.29) is 23.2 Å². The van der Waals surface area contributed by atoms with Crippen molar-refractivity contribution in [2.24, 2.45) is 0 Å². The molecule has 0 aromatic rings. The molecule has 2 aliphatic rings. The number of nitrogens with zero attached hydrogens (tertiary/aromatic N) is 3. The molecule has 0 radical (unpaired) electrons.